The van der Waals surface area contributed by atoms with Gasteiger partial charge in [-0.25, -0.2) is 4.98 Å². The van der Waals surface area contributed by atoms with E-state index in [4.69, 9.17) is 23.2 Å². The lowest BCUT2D eigenvalue weighted by atomic mass is 10.1. The van der Waals surface area contributed by atoms with Crippen molar-refractivity contribution in [2.75, 3.05) is 0 Å². The van der Waals surface area contributed by atoms with Gasteiger partial charge in [-0.2, -0.15) is 0 Å². The minimum atomic E-state index is -0.147. The second-order valence-corrected chi connectivity index (χ2v) is 5.79. The van der Waals surface area contributed by atoms with Crippen LogP contribution in [0.5, 0.6) is 0 Å². The average Bonchev–Trinajstić information content (AvgIpc) is 2.42. The van der Waals surface area contributed by atoms with E-state index in [1.54, 1.807) is 16.7 Å². The molecule has 106 valence electrons. The average molecular weight is 319 g/mol. The van der Waals surface area contributed by atoms with E-state index in [0.717, 1.165) is 11.1 Å². The van der Waals surface area contributed by atoms with Crippen LogP contribution in [-0.4, -0.2) is 9.55 Å². The highest BCUT2D eigenvalue weighted by Crippen LogP contribution is 2.24. The molecule has 3 rings (SSSR count). The predicted octanol–water partition coefficient (Wildman–Crippen LogP) is 4.06. The minimum absolute atomic E-state index is 0.147. The molecule has 0 bridgehead atoms. The Hall–Kier alpha value is -1.84. The Kier molecular flexibility index (Phi) is 3.70. The number of hydrogen-bond donors (Lipinski definition) is 0. The molecule has 1 aromatic heterocycles. The summed E-state index contributed by atoms with van der Waals surface area (Å²) in [6, 6.07) is 11.2. The Labute approximate surface area is 131 Å². The van der Waals surface area contributed by atoms with Gasteiger partial charge in [-0.1, -0.05) is 53.0 Å². The molecule has 0 aliphatic heterocycles. The van der Waals surface area contributed by atoms with Crippen LogP contribution in [0.2, 0.25) is 10.0 Å². The summed E-state index contributed by atoms with van der Waals surface area (Å²) in [4.78, 5) is 16.8. The summed E-state index contributed by atoms with van der Waals surface area (Å²) in [6.45, 7) is 2.48. The van der Waals surface area contributed by atoms with E-state index in [9.17, 15) is 4.79 Å². The van der Waals surface area contributed by atoms with Crippen molar-refractivity contribution in [3.05, 3.63) is 74.3 Å². The SMILES string of the molecule is Cc1cccc(Cn2cnc3c(Cl)cc(Cl)cc3c2=O)c1. The lowest BCUT2D eigenvalue weighted by Gasteiger charge is -2.08. The van der Waals surface area contributed by atoms with Gasteiger partial charge < -0.3 is 0 Å². The molecule has 0 fully saturated rings. The van der Waals surface area contributed by atoms with Crippen molar-refractivity contribution in [1.29, 1.82) is 0 Å². The first kappa shape index (κ1) is 14.1. The third-order valence-corrected chi connectivity index (χ3v) is 3.79. The van der Waals surface area contributed by atoms with Gasteiger partial charge in [0.2, 0.25) is 0 Å². The molecule has 0 N–H and O–H groups in total. The number of nitrogens with zero attached hydrogens (tertiary/aromatic N) is 2. The van der Waals surface area contributed by atoms with Gasteiger partial charge in [-0.15, -0.1) is 0 Å². The maximum atomic E-state index is 12.5. The maximum absolute atomic E-state index is 12.5. The topological polar surface area (TPSA) is 34.9 Å². The summed E-state index contributed by atoms with van der Waals surface area (Å²) in [5.74, 6) is 0. The molecule has 0 saturated heterocycles. The van der Waals surface area contributed by atoms with Gasteiger partial charge in [0.05, 0.1) is 28.8 Å². The molecule has 2 aromatic carbocycles. The molecule has 0 spiro atoms. The van der Waals surface area contributed by atoms with E-state index < -0.39 is 0 Å². The molecule has 0 aliphatic carbocycles. The summed E-state index contributed by atoms with van der Waals surface area (Å²) in [7, 11) is 0. The molecule has 3 aromatic rings. The lowest BCUT2D eigenvalue weighted by molar-refractivity contribution is 0.748. The summed E-state index contributed by atoms with van der Waals surface area (Å²) in [5.41, 5.74) is 2.53. The maximum Gasteiger partial charge on any atom is 0.261 e. The Morgan fingerprint density at radius 2 is 2.00 bits per heavy atom. The Balaban J connectivity index is 2.12. The molecule has 5 heteroatoms. The molecule has 0 atom stereocenters. The standard InChI is InChI=1S/C16H12Cl2N2O/c1-10-3-2-4-11(5-10)8-20-9-19-15-13(16(20)21)6-12(17)7-14(15)18/h2-7,9H,8H2,1H3. The van der Waals surface area contributed by atoms with Crippen LogP contribution in [0.1, 0.15) is 11.1 Å². The highest BCUT2D eigenvalue weighted by atomic mass is 35.5. The minimum Gasteiger partial charge on any atom is -0.294 e. The van der Waals surface area contributed by atoms with Crippen LogP contribution >= 0.6 is 23.2 Å². The van der Waals surface area contributed by atoms with E-state index >= 15 is 0 Å². The first-order valence-corrected chi connectivity index (χ1v) is 7.20. The zero-order valence-electron chi connectivity index (χ0n) is 11.3. The lowest BCUT2D eigenvalue weighted by Crippen LogP contribution is -2.21. The van der Waals surface area contributed by atoms with E-state index in [0.29, 0.717) is 27.5 Å². The molecular weight excluding hydrogens is 307 g/mol. The largest absolute Gasteiger partial charge is 0.294 e. The Morgan fingerprint density at radius 3 is 2.76 bits per heavy atom. The predicted molar refractivity (Wildman–Crippen MR) is 86.3 cm³/mol. The second-order valence-electron chi connectivity index (χ2n) is 4.95. The fraction of sp³-hybridized carbons (Fsp3) is 0.125. The number of halogens is 2. The smallest absolute Gasteiger partial charge is 0.261 e. The van der Waals surface area contributed by atoms with Crippen molar-refractivity contribution in [3.63, 3.8) is 0 Å². The van der Waals surface area contributed by atoms with Crippen LogP contribution in [0.25, 0.3) is 10.9 Å². The van der Waals surface area contributed by atoms with Crippen LogP contribution in [0.15, 0.2) is 47.5 Å². The molecule has 0 radical (unpaired) electrons. The van der Waals surface area contributed by atoms with Crippen LogP contribution in [0.4, 0.5) is 0 Å². The first-order chi connectivity index (χ1) is 10.0. The van der Waals surface area contributed by atoms with Gasteiger partial charge in [0.25, 0.3) is 5.56 Å². The van der Waals surface area contributed by atoms with Gasteiger partial charge in [0.1, 0.15) is 0 Å². The molecular formula is C16H12Cl2N2O. The third-order valence-electron chi connectivity index (χ3n) is 3.28. The van der Waals surface area contributed by atoms with Gasteiger partial charge >= 0.3 is 0 Å². The van der Waals surface area contributed by atoms with Crippen LogP contribution in [0.3, 0.4) is 0 Å². The molecule has 0 unspecified atom stereocenters. The molecule has 3 nitrogen and oxygen atoms in total. The van der Waals surface area contributed by atoms with Crippen molar-refractivity contribution in [3.8, 4) is 0 Å². The quantitative estimate of drug-likeness (QED) is 0.714. The summed E-state index contributed by atoms with van der Waals surface area (Å²) >= 11 is 12.0. The fourth-order valence-electron chi connectivity index (χ4n) is 2.31. The van der Waals surface area contributed by atoms with Gasteiger partial charge in [0, 0.05) is 5.02 Å². The van der Waals surface area contributed by atoms with E-state index in [-0.39, 0.29) is 5.56 Å². The van der Waals surface area contributed by atoms with Crippen molar-refractivity contribution in [1.82, 2.24) is 9.55 Å². The highest BCUT2D eigenvalue weighted by Gasteiger charge is 2.09. The van der Waals surface area contributed by atoms with E-state index in [2.05, 4.69) is 4.98 Å². The number of benzene rings is 2. The monoisotopic (exact) mass is 318 g/mol. The molecule has 0 amide bonds. The highest BCUT2D eigenvalue weighted by molar-refractivity contribution is 6.38. The normalized spacial score (nSPS) is 11.0. The summed E-state index contributed by atoms with van der Waals surface area (Å²) < 4.78 is 1.56. The van der Waals surface area contributed by atoms with Gasteiger partial charge in [-0.05, 0) is 24.6 Å². The fourth-order valence-corrected chi connectivity index (χ4v) is 2.86. The first-order valence-electron chi connectivity index (χ1n) is 6.44. The van der Waals surface area contributed by atoms with Crippen LogP contribution < -0.4 is 5.56 Å². The number of aromatic nitrogens is 2. The Bertz CT molecular complexity index is 887. The van der Waals surface area contributed by atoms with Crippen LogP contribution in [-0.2, 0) is 6.54 Å². The Morgan fingerprint density at radius 1 is 1.19 bits per heavy atom. The van der Waals surface area contributed by atoms with Crippen LogP contribution in [0, 0.1) is 6.92 Å². The second kappa shape index (κ2) is 5.51. The molecule has 1 heterocycles. The summed E-state index contributed by atoms with van der Waals surface area (Å²) in [5, 5.41) is 1.25. The molecule has 21 heavy (non-hydrogen) atoms. The van der Waals surface area contributed by atoms with Crippen molar-refractivity contribution < 1.29 is 0 Å². The molecule has 0 aliphatic rings. The van der Waals surface area contributed by atoms with E-state index in [1.807, 2.05) is 31.2 Å². The van der Waals surface area contributed by atoms with Crippen molar-refractivity contribution >= 4 is 34.1 Å². The van der Waals surface area contributed by atoms with Gasteiger partial charge in [0.15, 0.2) is 0 Å². The zero-order valence-corrected chi connectivity index (χ0v) is 12.8. The number of aryl methyl sites for hydroxylation is 1. The number of rotatable bonds is 2. The number of fused-ring (bicyclic) bond motifs is 1. The number of hydrogen-bond acceptors (Lipinski definition) is 2. The molecule has 0 saturated carbocycles. The third kappa shape index (κ3) is 2.80. The van der Waals surface area contributed by atoms with Crippen molar-refractivity contribution in [2.45, 2.75) is 13.5 Å². The van der Waals surface area contributed by atoms with E-state index in [1.165, 1.54) is 6.33 Å². The van der Waals surface area contributed by atoms with Gasteiger partial charge in [-0.3, -0.25) is 9.36 Å². The summed E-state index contributed by atoms with van der Waals surface area (Å²) in [6.07, 6.45) is 1.52. The van der Waals surface area contributed by atoms with Crippen molar-refractivity contribution in [2.24, 2.45) is 0 Å². The zero-order chi connectivity index (χ0) is 15.0.